The van der Waals surface area contributed by atoms with Gasteiger partial charge in [-0.1, -0.05) is 0 Å². The van der Waals surface area contributed by atoms with Crippen LogP contribution >= 0.6 is 12.4 Å². The summed E-state index contributed by atoms with van der Waals surface area (Å²) in [6.07, 6.45) is 0.341. The van der Waals surface area contributed by atoms with E-state index < -0.39 is 0 Å². The Balaban J connectivity index is 0.00000144. The molecule has 1 rings (SSSR count). The molecule has 1 saturated heterocycles. The molecule has 0 spiro atoms. The molecule has 80 valence electrons. The molecule has 1 aliphatic heterocycles. The van der Waals surface area contributed by atoms with Crippen molar-refractivity contribution in [1.82, 2.24) is 5.32 Å². The fraction of sp³-hybridized carbons (Fsp3) is 1.00. The topological polar surface area (TPSA) is 39.7 Å². The van der Waals surface area contributed by atoms with Gasteiger partial charge in [0.15, 0.2) is 0 Å². The van der Waals surface area contributed by atoms with Crippen LogP contribution in [0.1, 0.15) is 0 Å². The highest BCUT2D eigenvalue weighted by atomic mass is 35.5. The third-order valence-electron chi connectivity index (χ3n) is 1.83. The summed E-state index contributed by atoms with van der Waals surface area (Å²) >= 11 is 0. The van der Waals surface area contributed by atoms with Crippen LogP contribution in [-0.4, -0.2) is 52.7 Å². The average molecular weight is 212 g/mol. The van der Waals surface area contributed by atoms with Gasteiger partial charge in [-0.15, -0.1) is 12.4 Å². The molecule has 0 aliphatic carbocycles. The first-order chi connectivity index (χ1) is 5.86. The predicted octanol–water partition coefficient (Wildman–Crippen LogP) is 0.0580. The normalized spacial score (nSPS) is 28.2. The fourth-order valence-corrected chi connectivity index (χ4v) is 1.34. The highest BCUT2D eigenvalue weighted by Crippen LogP contribution is 2.04. The van der Waals surface area contributed by atoms with Crippen molar-refractivity contribution in [3.8, 4) is 0 Å². The summed E-state index contributed by atoms with van der Waals surface area (Å²) in [7, 11) is 3.37. The molecule has 1 heterocycles. The van der Waals surface area contributed by atoms with Crippen LogP contribution in [0, 0.1) is 0 Å². The van der Waals surface area contributed by atoms with Crippen molar-refractivity contribution in [3.63, 3.8) is 0 Å². The Bertz CT molecular complexity index is 110. The van der Waals surface area contributed by atoms with Gasteiger partial charge in [0.2, 0.25) is 0 Å². The molecule has 0 aromatic carbocycles. The van der Waals surface area contributed by atoms with Gasteiger partial charge in [0.25, 0.3) is 0 Å². The van der Waals surface area contributed by atoms with Crippen molar-refractivity contribution in [1.29, 1.82) is 0 Å². The number of rotatable bonds is 4. The highest BCUT2D eigenvalue weighted by molar-refractivity contribution is 5.85. The maximum atomic E-state index is 5.65. The van der Waals surface area contributed by atoms with E-state index in [0.717, 1.165) is 13.1 Å². The Morgan fingerprint density at radius 3 is 2.00 bits per heavy atom. The number of hydrogen-bond acceptors (Lipinski definition) is 4. The first kappa shape index (κ1) is 13.1. The van der Waals surface area contributed by atoms with E-state index in [1.807, 2.05) is 0 Å². The Morgan fingerprint density at radius 2 is 1.62 bits per heavy atom. The minimum absolute atomic E-state index is 0. The SMILES string of the molecule is COCC1CNCC(COC)O1.Cl. The maximum Gasteiger partial charge on any atom is 0.0937 e. The standard InChI is InChI=1S/C8H17NO3.ClH/c1-10-5-7-3-9-4-8(12-7)6-11-2;/h7-9H,3-6H2,1-2H3;1H. The van der Waals surface area contributed by atoms with E-state index in [-0.39, 0.29) is 24.6 Å². The number of methoxy groups -OCH3 is 2. The second-order valence-electron chi connectivity index (χ2n) is 2.95. The van der Waals surface area contributed by atoms with Crippen LogP contribution in [-0.2, 0) is 14.2 Å². The monoisotopic (exact) mass is 211 g/mol. The molecule has 0 bridgehead atoms. The molecule has 1 aliphatic rings. The van der Waals surface area contributed by atoms with Gasteiger partial charge in [0, 0.05) is 27.3 Å². The molecule has 1 N–H and O–H groups in total. The molecule has 0 saturated carbocycles. The van der Waals surface area contributed by atoms with Gasteiger partial charge in [-0.05, 0) is 0 Å². The zero-order valence-corrected chi connectivity index (χ0v) is 8.93. The largest absolute Gasteiger partial charge is 0.382 e. The van der Waals surface area contributed by atoms with Crippen LogP contribution in [0.4, 0.5) is 0 Å². The summed E-state index contributed by atoms with van der Waals surface area (Å²) in [4.78, 5) is 0. The third kappa shape index (κ3) is 4.78. The molecule has 0 aromatic heterocycles. The van der Waals surface area contributed by atoms with Gasteiger partial charge in [-0.25, -0.2) is 0 Å². The summed E-state index contributed by atoms with van der Waals surface area (Å²) in [6, 6.07) is 0. The minimum atomic E-state index is 0. The molecule has 0 aromatic rings. The molecule has 0 amide bonds. The van der Waals surface area contributed by atoms with Crippen LogP contribution < -0.4 is 5.32 Å². The summed E-state index contributed by atoms with van der Waals surface area (Å²) in [6.45, 7) is 3.03. The second-order valence-corrected chi connectivity index (χ2v) is 2.95. The van der Waals surface area contributed by atoms with Crippen LogP contribution in [0.25, 0.3) is 0 Å². The van der Waals surface area contributed by atoms with Crippen molar-refractivity contribution >= 4 is 12.4 Å². The average Bonchev–Trinajstić information content (AvgIpc) is 2.06. The minimum Gasteiger partial charge on any atom is -0.382 e. The lowest BCUT2D eigenvalue weighted by Gasteiger charge is -2.29. The Kier molecular flexibility index (Phi) is 7.60. The van der Waals surface area contributed by atoms with Gasteiger partial charge in [0.05, 0.1) is 25.4 Å². The zero-order chi connectivity index (χ0) is 8.81. The van der Waals surface area contributed by atoms with Crippen molar-refractivity contribution in [3.05, 3.63) is 0 Å². The van der Waals surface area contributed by atoms with Crippen LogP contribution in [0.2, 0.25) is 0 Å². The van der Waals surface area contributed by atoms with Crippen LogP contribution in [0.3, 0.4) is 0 Å². The first-order valence-corrected chi connectivity index (χ1v) is 4.21. The van der Waals surface area contributed by atoms with E-state index >= 15 is 0 Å². The fourth-order valence-electron chi connectivity index (χ4n) is 1.34. The molecular weight excluding hydrogens is 194 g/mol. The number of hydrogen-bond donors (Lipinski definition) is 1. The first-order valence-electron chi connectivity index (χ1n) is 4.21. The number of nitrogens with one attached hydrogen (secondary N) is 1. The quantitative estimate of drug-likeness (QED) is 0.714. The van der Waals surface area contributed by atoms with E-state index in [9.17, 15) is 0 Å². The lowest BCUT2D eigenvalue weighted by molar-refractivity contribution is -0.0905. The Morgan fingerprint density at radius 1 is 1.15 bits per heavy atom. The van der Waals surface area contributed by atoms with E-state index in [1.54, 1.807) is 14.2 Å². The number of halogens is 1. The van der Waals surface area contributed by atoms with E-state index in [2.05, 4.69) is 5.32 Å². The van der Waals surface area contributed by atoms with Crippen LogP contribution in [0.15, 0.2) is 0 Å². The summed E-state index contributed by atoms with van der Waals surface area (Å²) in [5.41, 5.74) is 0. The van der Waals surface area contributed by atoms with E-state index in [1.165, 1.54) is 0 Å². The molecule has 5 heteroatoms. The van der Waals surface area contributed by atoms with Crippen molar-refractivity contribution in [2.75, 3.05) is 40.5 Å². The molecular formula is C8H18ClNO3. The van der Waals surface area contributed by atoms with Gasteiger partial charge < -0.3 is 19.5 Å². The smallest absolute Gasteiger partial charge is 0.0937 e. The van der Waals surface area contributed by atoms with Crippen molar-refractivity contribution < 1.29 is 14.2 Å². The van der Waals surface area contributed by atoms with Crippen LogP contribution in [0.5, 0.6) is 0 Å². The molecule has 4 nitrogen and oxygen atoms in total. The second kappa shape index (κ2) is 7.53. The summed E-state index contributed by atoms with van der Waals surface area (Å²) < 4.78 is 15.7. The third-order valence-corrected chi connectivity index (χ3v) is 1.83. The van der Waals surface area contributed by atoms with Gasteiger partial charge in [-0.3, -0.25) is 0 Å². The molecule has 1 fully saturated rings. The molecule has 0 radical (unpaired) electrons. The summed E-state index contributed by atoms with van der Waals surface area (Å²) in [5.74, 6) is 0. The molecule has 13 heavy (non-hydrogen) atoms. The van der Waals surface area contributed by atoms with Gasteiger partial charge in [-0.2, -0.15) is 0 Å². The molecule has 2 atom stereocenters. The number of morpholine rings is 1. The number of ether oxygens (including phenoxy) is 3. The van der Waals surface area contributed by atoms with Crippen molar-refractivity contribution in [2.45, 2.75) is 12.2 Å². The Labute approximate surface area is 85.3 Å². The lowest BCUT2D eigenvalue weighted by atomic mass is 10.2. The summed E-state index contributed by atoms with van der Waals surface area (Å²) in [5, 5.41) is 3.27. The van der Waals surface area contributed by atoms with Gasteiger partial charge in [0.1, 0.15) is 0 Å². The highest BCUT2D eigenvalue weighted by Gasteiger charge is 2.21. The predicted molar refractivity (Wildman–Crippen MR) is 52.5 cm³/mol. The molecule has 2 unspecified atom stereocenters. The lowest BCUT2D eigenvalue weighted by Crippen LogP contribution is -2.48. The van der Waals surface area contributed by atoms with E-state index in [4.69, 9.17) is 14.2 Å². The zero-order valence-electron chi connectivity index (χ0n) is 8.12. The maximum absolute atomic E-state index is 5.65. The Hall–Kier alpha value is 0.130. The van der Waals surface area contributed by atoms with Gasteiger partial charge >= 0.3 is 0 Å². The van der Waals surface area contributed by atoms with E-state index in [0.29, 0.717) is 13.2 Å². The van der Waals surface area contributed by atoms with Crippen molar-refractivity contribution in [2.24, 2.45) is 0 Å².